The number of nitriles is 1. The summed E-state index contributed by atoms with van der Waals surface area (Å²) in [6.07, 6.45) is 2.49. The van der Waals surface area contributed by atoms with Gasteiger partial charge in [0.15, 0.2) is 0 Å². The maximum absolute atomic E-state index is 12.2. The van der Waals surface area contributed by atoms with E-state index in [1.165, 1.54) is 0 Å². The molecule has 1 N–H and O–H groups in total. The molecule has 0 fully saturated rings. The Morgan fingerprint density at radius 3 is 2.67 bits per heavy atom. The van der Waals surface area contributed by atoms with Gasteiger partial charge in [0.2, 0.25) is 0 Å². The highest BCUT2D eigenvalue weighted by atomic mass is 79.9. The first kappa shape index (κ1) is 17.8. The normalized spacial score (nSPS) is 10.8. The van der Waals surface area contributed by atoms with Crippen LogP contribution in [0.5, 0.6) is 5.75 Å². The van der Waals surface area contributed by atoms with Crippen molar-refractivity contribution in [2.75, 3.05) is 11.9 Å². The second kappa shape index (κ2) is 8.90. The Balaban J connectivity index is 2.10. The zero-order valence-electron chi connectivity index (χ0n) is 13.3. The SMILES string of the molecule is CCCOc1ccc(/C=C(\C#N)C(=O)Nc2cccc(Br)c2)cc1. The third-order valence-electron chi connectivity index (χ3n) is 3.11. The van der Waals surface area contributed by atoms with Crippen LogP contribution >= 0.6 is 15.9 Å². The number of carbonyl (C=O) groups is 1. The molecule has 0 aliphatic carbocycles. The summed E-state index contributed by atoms with van der Waals surface area (Å²) in [5.74, 6) is 0.327. The molecule has 2 aromatic rings. The van der Waals surface area contributed by atoms with Gasteiger partial charge >= 0.3 is 0 Å². The highest BCUT2D eigenvalue weighted by molar-refractivity contribution is 9.10. The van der Waals surface area contributed by atoms with Crippen LogP contribution in [0.15, 0.2) is 58.6 Å². The maximum Gasteiger partial charge on any atom is 0.266 e. The highest BCUT2D eigenvalue weighted by Gasteiger charge is 2.09. The number of amides is 1. The van der Waals surface area contributed by atoms with Crippen molar-refractivity contribution in [1.29, 1.82) is 5.26 Å². The molecule has 1 amide bonds. The monoisotopic (exact) mass is 384 g/mol. The average molecular weight is 385 g/mol. The van der Waals surface area contributed by atoms with Gasteiger partial charge in [0.1, 0.15) is 17.4 Å². The van der Waals surface area contributed by atoms with Gasteiger partial charge in [-0.1, -0.05) is 41.1 Å². The molecule has 2 rings (SSSR count). The van der Waals surface area contributed by atoms with Gasteiger partial charge in [-0.3, -0.25) is 4.79 Å². The first-order valence-electron chi connectivity index (χ1n) is 7.54. The molecule has 24 heavy (non-hydrogen) atoms. The number of benzene rings is 2. The molecular weight excluding hydrogens is 368 g/mol. The predicted molar refractivity (Wildman–Crippen MR) is 98.6 cm³/mol. The molecule has 0 aromatic heterocycles. The highest BCUT2D eigenvalue weighted by Crippen LogP contribution is 2.18. The van der Waals surface area contributed by atoms with Gasteiger partial charge in [-0.2, -0.15) is 5.26 Å². The lowest BCUT2D eigenvalue weighted by Gasteiger charge is -2.06. The van der Waals surface area contributed by atoms with E-state index in [0.29, 0.717) is 12.3 Å². The molecule has 5 heteroatoms. The van der Waals surface area contributed by atoms with Crippen molar-refractivity contribution in [2.24, 2.45) is 0 Å². The Morgan fingerprint density at radius 1 is 1.29 bits per heavy atom. The summed E-state index contributed by atoms with van der Waals surface area (Å²) in [5, 5.41) is 12.0. The third-order valence-corrected chi connectivity index (χ3v) is 3.60. The van der Waals surface area contributed by atoms with E-state index in [4.69, 9.17) is 4.74 Å². The van der Waals surface area contributed by atoms with Crippen molar-refractivity contribution in [3.63, 3.8) is 0 Å². The van der Waals surface area contributed by atoms with Crippen LogP contribution in [0.1, 0.15) is 18.9 Å². The van der Waals surface area contributed by atoms with Gasteiger partial charge in [-0.25, -0.2) is 0 Å². The summed E-state index contributed by atoms with van der Waals surface area (Å²) in [5.41, 5.74) is 1.43. The number of hydrogen-bond donors (Lipinski definition) is 1. The second-order valence-corrected chi connectivity index (χ2v) is 5.97. The smallest absolute Gasteiger partial charge is 0.266 e. The molecule has 4 nitrogen and oxygen atoms in total. The number of nitrogens with zero attached hydrogens (tertiary/aromatic N) is 1. The van der Waals surface area contributed by atoms with E-state index in [0.717, 1.165) is 22.2 Å². The molecule has 0 aliphatic heterocycles. The van der Waals surface area contributed by atoms with Crippen molar-refractivity contribution in [1.82, 2.24) is 0 Å². The van der Waals surface area contributed by atoms with E-state index in [1.54, 1.807) is 18.2 Å². The topological polar surface area (TPSA) is 62.1 Å². The van der Waals surface area contributed by atoms with Gasteiger partial charge in [0.25, 0.3) is 5.91 Å². The van der Waals surface area contributed by atoms with Crippen LogP contribution in [0.4, 0.5) is 5.69 Å². The van der Waals surface area contributed by atoms with E-state index < -0.39 is 5.91 Å². The lowest BCUT2D eigenvalue weighted by atomic mass is 10.1. The molecule has 2 aromatic carbocycles. The zero-order valence-corrected chi connectivity index (χ0v) is 14.8. The molecule has 122 valence electrons. The number of nitrogens with one attached hydrogen (secondary N) is 1. The lowest BCUT2D eigenvalue weighted by molar-refractivity contribution is -0.112. The van der Waals surface area contributed by atoms with E-state index >= 15 is 0 Å². The number of hydrogen-bond acceptors (Lipinski definition) is 3. The van der Waals surface area contributed by atoms with Crippen molar-refractivity contribution < 1.29 is 9.53 Å². The largest absolute Gasteiger partial charge is 0.494 e. The number of carbonyl (C=O) groups excluding carboxylic acids is 1. The Bertz CT molecular complexity index is 777. The maximum atomic E-state index is 12.2. The van der Waals surface area contributed by atoms with Crippen molar-refractivity contribution in [2.45, 2.75) is 13.3 Å². The van der Waals surface area contributed by atoms with Crippen LogP contribution in [0.25, 0.3) is 6.08 Å². The molecule has 0 unspecified atom stereocenters. The molecular formula is C19H17BrN2O2. The van der Waals surface area contributed by atoms with Gasteiger partial charge in [0.05, 0.1) is 6.61 Å². The van der Waals surface area contributed by atoms with Crippen molar-refractivity contribution in [3.05, 3.63) is 64.1 Å². The molecule has 0 bridgehead atoms. The first-order valence-corrected chi connectivity index (χ1v) is 8.33. The second-order valence-electron chi connectivity index (χ2n) is 5.05. The number of anilines is 1. The summed E-state index contributed by atoms with van der Waals surface area (Å²) < 4.78 is 6.36. The predicted octanol–water partition coefficient (Wildman–Crippen LogP) is 4.78. The number of halogens is 1. The average Bonchev–Trinajstić information content (AvgIpc) is 2.58. The first-order chi connectivity index (χ1) is 11.6. The summed E-state index contributed by atoms with van der Waals surface area (Å²) in [4.78, 5) is 12.2. The third kappa shape index (κ3) is 5.25. The lowest BCUT2D eigenvalue weighted by Crippen LogP contribution is -2.13. The molecule has 0 atom stereocenters. The van der Waals surface area contributed by atoms with Crippen molar-refractivity contribution in [3.8, 4) is 11.8 Å². The number of ether oxygens (including phenoxy) is 1. The zero-order chi connectivity index (χ0) is 17.4. The van der Waals surface area contributed by atoms with Crippen LogP contribution in [-0.2, 0) is 4.79 Å². The van der Waals surface area contributed by atoms with Gasteiger partial charge in [-0.15, -0.1) is 0 Å². The van der Waals surface area contributed by atoms with E-state index in [2.05, 4.69) is 21.2 Å². The van der Waals surface area contributed by atoms with Gasteiger partial charge < -0.3 is 10.1 Å². The Hall–Kier alpha value is -2.58. The Morgan fingerprint density at radius 2 is 2.04 bits per heavy atom. The molecule has 0 aliphatic rings. The Kier molecular flexibility index (Phi) is 6.59. The van der Waals surface area contributed by atoms with Crippen LogP contribution in [0, 0.1) is 11.3 Å². The Labute approximate surface area is 149 Å². The molecule has 0 saturated carbocycles. The van der Waals surface area contributed by atoms with Crippen LogP contribution in [-0.4, -0.2) is 12.5 Å². The quantitative estimate of drug-likeness (QED) is 0.575. The summed E-state index contributed by atoms with van der Waals surface area (Å²) in [6.45, 7) is 2.70. The molecule has 0 radical (unpaired) electrons. The van der Waals surface area contributed by atoms with Crippen LogP contribution < -0.4 is 10.1 Å². The van der Waals surface area contributed by atoms with Crippen LogP contribution in [0.3, 0.4) is 0 Å². The molecule has 0 spiro atoms. The summed E-state index contributed by atoms with van der Waals surface area (Å²) >= 11 is 3.34. The fourth-order valence-corrected chi connectivity index (χ4v) is 2.36. The van der Waals surface area contributed by atoms with Crippen LogP contribution in [0.2, 0.25) is 0 Å². The van der Waals surface area contributed by atoms with Crippen molar-refractivity contribution >= 4 is 33.6 Å². The summed E-state index contributed by atoms with van der Waals surface area (Å²) in [6, 6.07) is 16.4. The minimum Gasteiger partial charge on any atom is -0.494 e. The van der Waals surface area contributed by atoms with Gasteiger partial charge in [-0.05, 0) is 48.4 Å². The molecule has 0 heterocycles. The van der Waals surface area contributed by atoms with Gasteiger partial charge in [0, 0.05) is 10.2 Å². The fraction of sp³-hybridized carbons (Fsp3) is 0.158. The standard InChI is InChI=1S/C19H17BrN2O2/c1-2-10-24-18-8-6-14(7-9-18)11-15(13-21)19(23)22-17-5-3-4-16(20)12-17/h3-9,11-12H,2,10H2,1H3,(H,22,23)/b15-11+. The minimum absolute atomic E-state index is 0.0391. The van der Waals surface area contributed by atoms with E-state index in [9.17, 15) is 10.1 Å². The summed E-state index contributed by atoms with van der Waals surface area (Å²) in [7, 11) is 0. The minimum atomic E-state index is -0.443. The fourth-order valence-electron chi connectivity index (χ4n) is 1.96. The number of rotatable bonds is 6. The van der Waals surface area contributed by atoms with E-state index in [1.807, 2.05) is 49.4 Å². The molecule has 0 saturated heterocycles. The van der Waals surface area contributed by atoms with E-state index in [-0.39, 0.29) is 5.57 Å².